The molecule has 1 aromatic carbocycles. The Hall–Kier alpha value is -0.240. The second-order valence-corrected chi connectivity index (χ2v) is 9.02. The van der Waals surface area contributed by atoms with Crippen LogP contribution in [-0.4, -0.2) is 23.1 Å². The number of allylic oxidation sites excluding steroid dienone is 1. The molecule has 2 rings (SSSR count). The molecule has 0 aromatic heterocycles. The number of ketones is 1. The number of carboxylic acids is 1. The van der Waals surface area contributed by atoms with Crippen molar-refractivity contribution in [3.63, 3.8) is 0 Å². The van der Waals surface area contributed by atoms with E-state index in [1.165, 1.54) is 6.92 Å². The number of nitrogens with two attached hydrogens (primary N) is 1. The number of rotatable bonds is 5. The molecule has 3 unspecified atom stereocenters. The van der Waals surface area contributed by atoms with Gasteiger partial charge >= 0.3 is 5.97 Å². The maximum atomic E-state index is 12.4. The minimum atomic E-state index is -1.05. The van der Waals surface area contributed by atoms with E-state index in [0.29, 0.717) is 5.69 Å². The van der Waals surface area contributed by atoms with Crippen LogP contribution >= 0.6 is 67.8 Å². The van der Waals surface area contributed by atoms with E-state index in [9.17, 15) is 14.7 Å². The molecule has 0 aliphatic carbocycles. The monoisotopic (exact) mass is 664 g/mol. The lowest BCUT2D eigenvalue weighted by atomic mass is 9.71. The zero-order chi connectivity index (χ0) is 18.2. The van der Waals surface area contributed by atoms with Crippen LogP contribution in [0.15, 0.2) is 23.2 Å². The van der Waals surface area contributed by atoms with Crippen molar-refractivity contribution >= 4 is 91.4 Å². The van der Waals surface area contributed by atoms with E-state index in [-0.39, 0.29) is 5.78 Å². The normalized spacial score (nSPS) is 21.7. The van der Waals surface area contributed by atoms with Crippen LogP contribution < -0.4 is 5.73 Å². The average Bonchev–Trinajstić information content (AvgIpc) is 2.94. The molecule has 0 saturated heterocycles. The standard InChI is InChI=1S/C16H15I3N2O3/c1-7(15(23)24)11(8(2)22)16(4-3-5-21-16)12-9(17)6-10(18)14(20)13(12)19/h3-7,11H,20H2,1-2H3,(H,23,24). The first kappa shape index (κ1) is 20.1. The van der Waals surface area contributed by atoms with Crippen molar-refractivity contribution < 1.29 is 14.7 Å². The highest BCUT2D eigenvalue weighted by molar-refractivity contribution is 14.1. The van der Waals surface area contributed by atoms with Crippen LogP contribution in [-0.2, 0) is 15.1 Å². The van der Waals surface area contributed by atoms with Gasteiger partial charge in [0.1, 0.15) is 11.3 Å². The predicted octanol–water partition coefficient (Wildman–Crippen LogP) is 3.84. The van der Waals surface area contributed by atoms with Gasteiger partial charge in [-0.2, -0.15) is 0 Å². The van der Waals surface area contributed by atoms with Crippen LogP contribution in [0.5, 0.6) is 0 Å². The van der Waals surface area contributed by atoms with E-state index in [1.54, 1.807) is 19.2 Å². The predicted molar refractivity (Wildman–Crippen MR) is 119 cm³/mol. The molecule has 1 aliphatic rings. The van der Waals surface area contributed by atoms with E-state index in [4.69, 9.17) is 5.73 Å². The molecule has 128 valence electrons. The van der Waals surface area contributed by atoms with Crippen LogP contribution in [0, 0.1) is 22.5 Å². The maximum absolute atomic E-state index is 12.4. The summed E-state index contributed by atoms with van der Waals surface area (Å²) in [5.41, 5.74) is 6.56. The number of carboxylic acid groups (broad SMARTS) is 1. The lowest BCUT2D eigenvalue weighted by Crippen LogP contribution is -2.43. The number of hydrogen-bond donors (Lipinski definition) is 2. The highest BCUT2D eigenvalue weighted by Crippen LogP contribution is 2.47. The van der Waals surface area contributed by atoms with Crippen LogP contribution in [0.4, 0.5) is 5.69 Å². The van der Waals surface area contributed by atoms with Crippen molar-refractivity contribution in [2.75, 3.05) is 5.73 Å². The van der Waals surface area contributed by atoms with E-state index in [2.05, 4.69) is 72.8 Å². The molecule has 5 nitrogen and oxygen atoms in total. The summed E-state index contributed by atoms with van der Waals surface area (Å²) in [5.74, 6) is -2.92. The third-order valence-corrected chi connectivity index (χ3v) is 7.00. The Morgan fingerprint density at radius 2 is 1.92 bits per heavy atom. The number of benzene rings is 1. The van der Waals surface area contributed by atoms with Gasteiger partial charge in [0.05, 0.1) is 17.5 Å². The molecule has 0 amide bonds. The van der Waals surface area contributed by atoms with Crippen LogP contribution in [0.3, 0.4) is 0 Å². The van der Waals surface area contributed by atoms with Gasteiger partial charge in [-0.3, -0.25) is 14.6 Å². The topological polar surface area (TPSA) is 92.8 Å². The maximum Gasteiger partial charge on any atom is 0.307 e. The molecule has 1 aliphatic heterocycles. The fraction of sp³-hybridized carbons (Fsp3) is 0.312. The van der Waals surface area contributed by atoms with E-state index in [0.717, 1.165) is 16.3 Å². The number of nitrogen functional groups attached to an aromatic ring is 1. The summed E-state index contributed by atoms with van der Waals surface area (Å²) in [6, 6.07) is 1.93. The first-order valence-corrected chi connectivity index (χ1v) is 10.3. The number of hydrogen-bond acceptors (Lipinski definition) is 4. The number of nitrogens with zero attached hydrogens (tertiary/aromatic N) is 1. The molecule has 0 bridgehead atoms. The summed E-state index contributed by atoms with van der Waals surface area (Å²) in [6.07, 6.45) is 5.18. The number of carbonyl (C=O) groups excluding carboxylic acids is 1. The second-order valence-electron chi connectivity index (χ2n) is 5.62. The quantitative estimate of drug-likeness (QED) is 0.370. The van der Waals surface area contributed by atoms with Gasteiger partial charge in [0, 0.05) is 22.5 Å². The third-order valence-electron chi connectivity index (χ3n) is 4.13. The second kappa shape index (κ2) is 7.56. The van der Waals surface area contributed by atoms with Crippen LogP contribution in [0.25, 0.3) is 0 Å². The Morgan fingerprint density at radius 1 is 1.29 bits per heavy atom. The molecule has 3 atom stereocenters. The van der Waals surface area contributed by atoms with Crippen molar-refractivity contribution in [3.8, 4) is 0 Å². The van der Waals surface area contributed by atoms with Gasteiger partial charge in [0.25, 0.3) is 0 Å². The number of aliphatic imine (C=N–C) groups is 1. The molecule has 3 N–H and O–H groups in total. The molecule has 0 spiro atoms. The van der Waals surface area contributed by atoms with Gasteiger partial charge < -0.3 is 10.8 Å². The highest BCUT2D eigenvalue weighted by Gasteiger charge is 2.49. The van der Waals surface area contributed by atoms with Gasteiger partial charge in [0.2, 0.25) is 0 Å². The van der Waals surface area contributed by atoms with Crippen LogP contribution in [0.1, 0.15) is 19.4 Å². The fourth-order valence-corrected chi connectivity index (χ4v) is 7.28. The summed E-state index contributed by atoms with van der Waals surface area (Å²) < 4.78 is 2.62. The number of carbonyl (C=O) groups is 2. The van der Waals surface area contributed by atoms with E-state index in [1.807, 2.05) is 12.1 Å². The molecular formula is C16H15I3N2O3. The van der Waals surface area contributed by atoms with Gasteiger partial charge in [-0.15, -0.1) is 0 Å². The van der Waals surface area contributed by atoms with E-state index >= 15 is 0 Å². The summed E-state index contributed by atoms with van der Waals surface area (Å²) in [5, 5.41) is 9.50. The number of Topliss-reactive ketones (excluding diaryl/α,β-unsaturated/α-hetero) is 1. The third kappa shape index (κ3) is 3.37. The number of halogens is 3. The zero-order valence-electron chi connectivity index (χ0n) is 12.9. The fourth-order valence-electron chi connectivity index (χ4n) is 3.04. The van der Waals surface area contributed by atoms with Gasteiger partial charge in [-0.05, 0) is 86.8 Å². The van der Waals surface area contributed by atoms with Crippen molar-refractivity contribution in [1.29, 1.82) is 0 Å². The Morgan fingerprint density at radius 3 is 2.38 bits per heavy atom. The van der Waals surface area contributed by atoms with Crippen molar-refractivity contribution in [2.45, 2.75) is 19.4 Å². The molecule has 0 saturated carbocycles. The molecule has 8 heteroatoms. The Balaban J connectivity index is 2.81. The summed E-state index contributed by atoms with van der Waals surface area (Å²) in [6.45, 7) is 2.97. The van der Waals surface area contributed by atoms with Crippen LogP contribution in [0.2, 0.25) is 0 Å². The molecule has 1 aromatic rings. The van der Waals surface area contributed by atoms with Crippen molar-refractivity contribution in [2.24, 2.45) is 16.8 Å². The largest absolute Gasteiger partial charge is 0.481 e. The lowest BCUT2D eigenvalue weighted by Gasteiger charge is -2.36. The van der Waals surface area contributed by atoms with Crippen molar-refractivity contribution in [3.05, 3.63) is 34.5 Å². The van der Waals surface area contributed by atoms with Gasteiger partial charge in [0.15, 0.2) is 0 Å². The Labute approximate surface area is 181 Å². The first-order valence-electron chi connectivity index (χ1n) is 7.03. The zero-order valence-corrected chi connectivity index (χ0v) is 19.4. The van der Waals surface area contributed by atoms with Gasteiger partial charge in [-0.25, -0.2) is 0 Å². The molecule has 0 fully saturated rings. The molecular weight excluding hydrogens is 649 g/mol. The Bertz CT molecular complexity index is 762. The molecule has 0 radical (unpaired) electrons. The summed E-state index contributed by atoms with van der Waals surface area (Å²) >= 11 is 6.51. The summed E-state index contributed by atoms with van der Waals surface area (Å²) in [4.78, 5) is 28.6. The number of aliphatic carboxylic acids is 1. The smallest absolute Gasteiger partial charge is 0.307 e. The highest BCUT2D eigenvalue weighted by atomic mass is 127. The van der Waals surface area contributed by atoms with Crippen molar-refractivity contribution in [1.82, 2.24) is 0 Å². The minimum Gasteiger partial charge on any atom is -0.481 e. The first-order chi connectivity index (χ1) is 11.1. The summed E-state index contributed by atoms with van der Waals surface area (Å²) in [7, 11) is 0. The SMILES string of the molecule is CC(=O)C(C(C)C(=O)O)C1(c2c(I)cc(I)c(N)c2I)C=CC=N1. The lowest BCUT2D eigenvalue weighted by molar-refractivity contribution is -0.147. The number of anilines is 1. The van der Waals surface area contributed by atoms with E-state index < -0.39 is 23.3 Å². The molecule has 24 heavy (non-hydrogen) atoms. The minimum absolute atomic E-state index is 0.211. The molecule has 1 heterocycles. The average molecular weight is 664 g/mol. The van der Waals surface area contributed by atoms with Gasteiger partial charge in [-0.1, -0.05) is 13.0 Å². The Kier molecular flexibility index (Phi) is 6.32.